The van der Waals surface area contributed by atoms with Crippen LogP contribution in [0.2, 0.25) is 0 Å². The lowest BCUT2D eigenvalue weighted by molar-refractivity contribution is -0.135. The summed E-state index contributed by atoms with van der Waals surface area (Å²) in [5, 5.41) is 11.0. The Morgan fingerprint density at radius 1 is 1.15 bits per heavy atom. The Labute approximate surface area is 160 Å². The average Bonchev–Trinajstić information content (AvgIpc) is 2.97. The second-order valence-electron chi connectivity index (χ2n) is 5.35. The van der Waals surface area contributed by atoms with Crippen molar-refractivity contribution in [3.8, 4) is 0 Å². The second kappa shape index (κ2) is 8.29. The third-order valence-corrected chi connectivity index (χ3v) is 5.44. The van der Waals surface area contributed by atoms with Gasteiger partial charge >= 0.3 is 5.97 Å². The predicted molar refractivity (Wildman–Crippen MR) is 109 cm³/mol. The molecule has 2 aromatic rings. The van der Waals surface area contributed by atoms with Crippen LogP contribution in [-0.4, -0.2) is 29.5 Å². The predicted octanol–water partition coefficient (Wildman–Crippen LogP) is 5.21. The molecule has 26 heavy (non-hydrogen) atoms. The van der Waals surface area contributed by atoms with E-state index >= 15 is 0 Å². The zero-order chi connectivity index (χ0) is 18.5. The van der Waals surface area contributed by atoms with E-state index in [0.29, 0.717) is 15.6 Å². The van der Waals surface area contributed by atoms with Gasteiger partial charge in [-0.15, -0.1) is 11.8 Å². The summed E-state index contributed by atoms with van der Waals surface area (Å²) in [5.74, 6) is -0.712. The van der Waals surface area contributed by atoms with E-state index < -0.39 is 5.97 Å². The van der Waals surface area contributed by atoms with Gasteiger partial charge < -0.3 is 9.84 Å². The Morgan fingerprint density at radius 3 is 2.46 bits per heavy atom. The van der Waals surface area contributed by atoms with Crippen molar-refractivity contribution in [2.45, 2.75) is 4.90 Å². The number of benzene rings is 2. The summed E-state index contributed by atoms with van der Waals surface area (Å²) in [6, 6.07) is 17.3. The molecule has 0 bridgehead atoms. The first-order chi connectivity index (χ1) is 12.6. The van der Waals surface area contributed by atoms with Gasteiger partial charge in [0.15, 0.2) is 0 Å². The van der Waals surface area contributed by atoms with Gasteiger partial charge in [0, 0.05) is 4.90 Å². The molecule has 1 aliphatic heterocycles. The number of nitrogens with zero attached hydrogens (tertiary/aromatic N) is 1. The summed E-state index contributed by atoms with van der Waals surface area (Å²) in [6.07, 6.45) is 3.85. The van der Waals surface area contributed by atoms with Crippen molar-refractivity contribution >= 4 is 46.3 Å². The molecule has 132 valence electrons. The highest BCUT2D eigenvalue weighted by atomic mass is 32.2. The number of esters is 1. The molecule has 0 saturated heterocycles. The molecule has 0 spiro atoms. The zero-order valence-electron chi connectivity index (χ0n) is 14.3. The number of aliphatic hydroxyl groups is 1. The van der Waals surface area contributed by atoms with Gasteiger partial charge in [-0.2, -0.15) is 0 Å². The highest BCUT2D eigenvalue weighted by Gasteiger charge is 2.32. The first-order valence-electron chi connectivity index (χ1n) is 7.82. The average molecular weight is 383 g/mol. The van der Waals surface area contributed by atoms with Crippen molar-refractivity contribution in [1.29, 1.82) is 0 Å². The Hall–Kier alpha value is -2.44. The first-order valence-corrected chi connectivity index (χ1v) is 9.86. The first kappa shape index (κ1) is 18.4. The van der Waals surface area contributed by atoms with Gasteiger partial charge in [0.05, 0.1) is 17.7 Å². The number of hydrogen-bond acceptors (Lipinski definition) is 6. The lowest BCUT2D eigenvalue weighted by Crippen LogP contribution is -2.10. The van der Waals surface area contributed by atoms with E-state index in [1.807, 2.05) is 66.9 Å². The molecular formula is C20H17NO3S2. The van der Waals surface area contributed by atoms with Gasteiger partial charge in [-0.1, -0.05) is 42.1 Å². The van der Waals surface area contributed by atoms with Crippen molar-refractivity contribution in [1.82, 2.24) is 0 Å². The molecule has 0 fully saturated rings. The minimum Gasteiger partial charge on any atom is -0.506 e. The number of thioether (sulfide) groups is 2. The third-order valence-electron chi connectivity index (χ3n) is 3.68. The molecule has 0 amide bonds. The van der Waals surface area contributed by atoms with Crippen LogP contribution in [0.1, 0.15) is 5.56 Å². The number of aliphatic hydroxyl groups excluding tert-OH is 1. The van der Waals surface area contributed by atoms with Gasteiger partial charge in [-0.3, -0.25) is 0 Å². The van der Waals surface area contributed by atoms with E-state index in [4.69, 9.17) is 4.74 Å². The van der Waals surface area contributed by atoms with Crippen molar-refractivity contribution in [3.05, 3.63) is 76.4 Å². The topological polar surface area (TPSA) is 58.9 Å². The van der Waals surface area contributed by atoms with Crippen LogP contribution in [0.25, 0.3) is 6.08 Å². The molecule has 1 aliphatic rings. The number of carbonyl (C=O) groups is 1. The number of carbonyl (C=O) groups excluding carboxylic acids is 1. The highest BCUT2D eigenvalue weighted by molar-refractivity contribution is 8.18. The summed E-state index contributed by atoms with van der Waals surface area (Å²) in [7, 11) is 1.29. The molecule has 6 heteroatoms. The minimum absolute atomic E-state index is 0.0911. The Bertz CT molecular complexity index is 900. The monoisotopic (exact) mass is 383 g/mol. The number of hydrogen-bond donors (Lipinski definition) is 1. The quantitative estimate of drug-likeness (QED) is 0.580. The van der Waals surface area contributed by atoms with E-state index in [2.05, 4.69) is 4.99 Å². The number of ether oxygens (including phenoxy) is 1. The van der Waals surface area contributed by atoms with E-state index in [1.165, 1.54) is 18.9 Å². The standard InChI is InChI=1S/C20H17NO3S2/c1-24-20(23)17-18(22)16(12-13-8-10-15(25-2)11-9-13)26-19(17)21-14-6-4-3-5-7-14/h3-12,22H,1-2H3/b16-12-,21-19?. The van der Waals surface area contributed by atoms with Gasteiger partial charge in [0.2, 0.25) is 0 Å². The van der Waals surface area contributed by atoms with E-state index in [0.717, 1.165) is 10.5 Å². The second-order valence-corrected chi connectivity index (χ2v) is 7.26. The van der Waals surface area contributed by atoms with E-state index in [9.17, 15) is 9.90 Å². The number of rotatable bonds is 4. The summed E-state index contributed by atoms with van der Waals surface area (Å²) >= 11 is 2.92. The molecular weight excluding hydrogens is 366 g/mol. The smallest absolute Gasteiger partial charge is 0.344 e. The fourth-order valence-electron chi connectivity index (χ4n) is 2.36. The minimum atomic E-state index is -0.606. The van der Waals surface area contributed by atoms with Crippen molar-refractivity contribution in [3.63, 3.8) is 0 Å². The Kier molecular flexibility index (Phi) is 5.85. The van der Waals surface area contributed by atoms with Crippen LogP contribution in [0.4, 0.5) is 5.69 Å². The molecule has 1 heterocycles. The molecule has 3 rings (SSSR count). The molecule has 0 atom stereocenters. The number of para-hydroxylation sites is 1. The summed E-state index contributed by atoms with van der Waals surface area (Å²) in [5.41, 5.74) is 1.73. The summed E-state index contributed by atoms with van der Waals surface area (Å²) < 4.78 is 4.82. The highest BCUT2D eigenvalue weighted by Crippen LogP contribution is 2.40. The summed E-state index contributed by atoms with van der Waals surface area (Å²) in [4.78, 5) is 18.4. The van der Waals surface area contributed by atoms with Gasteiger partial charge in [-0.05, 0) is 42.2 Å². The summed E-state index contributed by atoms with van der Waals surface area (Å²) in [6.45, 7) is 0. The molecule has 1 N–H and O–H groups in total. The van der Waals surface area contributed by atoms with Crippen LogP contribution in [0.5, 0.6) is 0 Å². The molecule has 0 aliphatic carbocycles. The van der Waals surface area contributed by atoms with E-state index in [-0.39, 0.29) is 11.3 Å². The number of aliphatic imine (C=N–C) groups is 1. The zero-order valence-corrected chi connectivity index (χ0v) is 15.9. The maximum absolute atomic E-state index is 12.1. The molecule has 0 aromatic heterocycles. The Balaban J connectivity index is 2.00. The van der Waals surface area contributed by atoms with Crippen LogP contribution in [-0.2, 0) is 9.53 Å². The largest absolute Gasteiger partial charge is 0.506 e. The molecule has 0 saturated carbocycles. The Morgan fingerprint density at radius 2 is 1.85 bits per heavy atom. The van der Waals surface area contributed by atoms with Crippen LogP contribution >= 0.6 is 23.5 Å². The van der Waals surface area contributed by atoms with Crippen LogP contribution in [0, 0.1) is 0 Å². The van der Waals surface area contributed by atoms with Crippen molar-refractivity contribution in [2.75, 3.05) is 13.4 Å². The normalized spacial score (nSPS) is 17.2. The van der Waals surface area contributed by atoms with Gasteiger partial charge in [-0.25, -0.2) is 9.79 Å². The molecule has 4 nitrogen and oxygen atoms in total. The fraction of sp³-hybridized carbons (Fsp3) is 0.100. The van der Waals surface area contributed by atoms with Crippen LogP contribution in [0.3, 0.4) is 0 Å². The molecule has 2 aromatic carbocycles. The third kappa shape index (κ3) is 4.03. The fourth-order valence-corrected chi connectivity index (χ4v) is 3.81. The lowest BCUT2D eigenvalue weighted by atomic mass is 10.1. The van der Waals surface area contributed by atoms with Gasteiger partial charge in [0.25, 0.3) is 0 Å². The van der Waals surface area contributed by atoms with Crippen LogP contribution in [0.15, 0.2) is 80.7 Å². The van der Waals surface area contributed by atoms with Crippen molar-refractivity contribution in [2.24, 2.45) is 4.99 Å². The lowest BCUT2D eigenvalue weighted by Gasteiger charge is -2.01. The maximum atomic E-state index is 12.1. The maximum Gasteiger partial charge on any atom is 0.344 e. The van der Waals surface area contributed by atoms with Crippen LogP contribution < -0.4 is 0 Å². The molecule has 0 unspecified atom stereocenters. The van der Waals surface area contributed by atoms with Gasteiger partial charge in [0.1, 0.15) is 16.4 Å². The SMILES string of the molecule is COC(=O)C1=C(O)/C(=C/c2ccc(SC)cc2)SC1=Nc1ccccc1. The molecule has 0 radical (unpaired) electrons. The number of methoxy groups -OCH3 is 1. The van der Waals surface area contributed by atoms with Crippen molar-refractivity contribution < 1.29 is 14.6 Å². The van der Waals surface area contributed by atoms with E-state index in [1.54, 1.807) is 11.8 Å².